The summed E-state index contributed by atoms with van der Waals surface area (Å²) in [4.78, 5) is 15.3. The number of nitrogens with zero attached hydrogens (tertiary/aromatic N) is 1. The normalized spacial score (nSPS) is 15.1. The van der Waals surface area contributed by atoms with Gasteiger partial charge in [0.25, 0.3) is 0 Å². The van der Waals surface area contributed by atoms with Gasteiger partial charge in [0.15, 0.2) is 0 Å². The second-order valence-electron chi connectivity index (χ2n) is 3.45. The zero-order valence-corrected chi connectivity index (χ0v) is 7.86. The molecule has 0 spiro atoms. The van der Waals surface area contributed by atoms with E-state index in [0.29, 0.717) is 12.6 Å². The third-order valence-corrected chi connectivity index (χ3v) is 2.07. The minimum Gasteiger partial charge on any atom is -0.324 e. The number of hydrogen-bond acceptors (Lipinski definition) is 3. The largest absolute Gasteiger partial charge is 0.324 e. The zero-order valence-electron chi connectivity index (χ0n) is 7.86. The first kappa shape index (κ1) is 9.15. The van der Waals surface area contributed by atoms with Crippen LogP contribution in [0.25, 0.3) is 0 Å². The Morgan fingerprint density at radius 2 is 2.43 bits per heavy atom. The zero-order chi connectivity index (χ0) is 9.80. The smallest absolute Gasteiger partial charge is 0.238 e. The number of nitrogens with one attached hydrogen (secondary N) is 2. The molecule has 0 aliphatic heterocycles. The summed E-state index contributed by atoms with van der Waals surface area (Å²) in [6.45, 7) is 0.388. The summed E-state index contributed by atoms with van der Waals surface area (Å²) in [6.07, 6.45) is 5.70. The van der Waals surface area contributed by atoms with Crippen LogP contribution in [0.2, 0.25) is 0 Å². The Kier molecular flexibility index (Phi) is 2.74. The van der Waals surface area contributed by atoms with Crippen LogP contribution in [-0.4, -0.2) is 23.5 Å². The van der Waals surface area contributed by atoms with Gasteiger partial charge in [-0.3, -0.25) is 9.78 Å². The quantitative estimate of drug-likeness (QED) is 0.739. The van der Waals surface area contributed by atoms with Gasteiger partial charge >= 0.3 is 0 Å². The monoisotopic (exact) mass is 191 g/mol. The second-order valence-corrected chi connectivity index (χ2v) is 3.45. The Morgan fingerprint density at radius 3 is 3.07 bits per heavy atom. The fourth-order valence-corrected chi connectivity index (χ4v) is 1.17. The highest BCUT2D eigenvalue weighted by molar-refractivity contribution is 5.92. The molecule has 1 saturated carbocycles. The molecular weight excluding hydrogens is 178 g/mol. The SMILES string of the molecule is O=C(CNC1CC1)Nc1cccnc1. The average Bonchev–Trinajstić information content (AvgIpc) is 3.00. The molecule has 0 radical (unpaired) electrons. The van der Waals surface area contributed by atoms with Crippen molar-refractivity contribution in [3.63, 3.8) is 0 Å². The van der Waals surface area contributed by atoms with Crippen LogP contribution in [0, 0.1) is 0 Å². The standard InChI is InChI=1S/C10H13N3O/c14-10(7-12-8-3-4-8)13-9-2-1-5-11-6-9/h1-2,5-6,8,12H,3-4,7H2,(H,13,14). The van der Waals surface area contributed by atoms with Crippen molar-refractivity contribution >= 4 is 11.6 Å². The van der Waals surface area contributed by atoms with Crippen LogP contribution < -0.4 is 10.6 Å². The van der Waals surface area contributed by atoms with E-state index < -0.39 is 0 Å². The lowest BCUT2D eigenvalue weighted by Gasteiger charge is -2.04. The van der Waals surface area contributed by atoms with Crippen molar-refractivity contribution in [3.8, 4) is 0 Å². The number of aromatic nitrogens is 1. The highest BCUT2D eigenvalue weighted by Crippen LogP contribution is 2.18. The molecule has 0 saturated heterocycles. The number of carbonyl (C=O) groups excluding carboxylic acids is 1. The van der Waals surface area contributed by atoms with Crippen molar-refractivity contribution < 1.29 is 4.79 Å². The summed E-state index contributed by atoms with van der Waals surface area (Å²) in [5.41, 5.74) is 0.745. The maximum atomic E-state index is 11.3. The Balaban J connectivity index is 1.76. The molecule has 2 rings (SSSR count). The number of pyridine rings is 1. The van der Waals surface area contributed by atoms with Crippen molar-refractivity contribution in [2.24, 2.45) is 0 Å². The molecule has 74 valence electrons. The van der Waals surface area contributed by atoms with Crippen LogP contribution in [0.15, 0.2) is 24.5 Å². The van der Waals surface area contributed by atoms with Gasteiger partial charge in [-0.1, -0.05) is 0 Å². The molecule has 0 aromatic carbocycles. The van der Waals surface area contributed by atoms with Gasteiger partial charge in [0, 0.05) is 12.2 Å². The van der Waals surface area contributed by atoms with Crippen LogP contribution in [0.1, 0.15) is 12.8 Å². The highest BCUT2D eigenvalue weighted by atomic mass is 16.1. The molecule has 0 unspecified atom stereocenters. The third kappa shape index (κ3) is 2.81. The number of carbonyl (C=O) groups is 1. The predicted molar refractivity (Wildman–Crippen MR) is 53.9 cm³/mol. The summed E-state index contributed by atoms with van der Waals surface area (Å²) < 4.78 is 0. The number of anilines is 1. The highest BCUT2D eigenvalue weighted by Gasteiger charge is 2.20. The predicted octanol–water partition coefficient (Wildman–Crippen LogP) is 0.772. The average molecular weight is 191 g/mol. The Bertz CT molecular complexity index is 308. The summed E-state index contributed by atoms with van der Waals surface area (Å²) in [5, 5.41) is 5.91. The maximum Gasteiger partial charge on any atom is 0.238 e. The summed E-state index contributed by atoms with van der Waals surface area (Å²) in [6, 6.07) is 4.18. The van der Waals surface area contributed by atoms with E-state index in [0.717, 1.165) is 5.69 Å². The van der Waals surface area contributed by atoms with Crippen molar-refractivity contribution in [2.75, 3.05) is 11.9 Å². The van der Waals surface area contributed by atoms with Gasteiger partial charge in [0.1, 0.15) is 0 Å². The van der Waals surface area contributed by atoms with Crippen molar-refractivity contribution in [2.45, 2.75) is 18.9 Å². The van der Waals surface area contributed by atoms with E-state index in [1.54, 1.807) is 18.5 Å². The molecule has 1 aromatic heterocycles. The first-order valence-electron chi connectivity index (χ1n) is 4.78. The van der Waals surface area contributed by atoms with Gasteiger partial charge in [-0.2, -0.15) is 0 Å². The van der Waals surface area contributed by atoms with E-state index in [4.69, 9.17) is 0 Å². The van der Waals surface area contributed by atoms with Crippen molar-refractivity contribution in [1.82, 2.24) is 10.3 Å². The molecule has 1 aliphatic rings. The number of amides is 1. The van der Waals surface area contributed by atoms with Gasteiger partial charge in [0.2, 0.25) is 5.91 Å². The van der Waals surface area contributed by atoms with E-state index in [1.165, 1.54) is 12.8 Å². The summed E-state index contributed by atoms with van der Waals surface area (Å²) in [5.74, 6) is -0.00935. The molecule has 1 heterocycles. The second kappa shape index (κ2) is 4.19. The van der Waals surface area contributed by atoms with Crippen LogP contribution in [0.3, 0.4) is 0 Å². The molecule has 1 aromatic rings. The Hall–Kier alpha value is -1.42. The lowest BCUT2D eigenvalue weighted by atomic mass is 10.4. The van der Waals surface area contributed by atoms with Crippen LogP contribution in [0.5, 0.6) is 0 Å². The Morgan fingerprint density at radius 1 is 1.57 bits per heavy atom. The van der Waals surface area contributed by atoms with E-state index >= 15 is 0 Å². The first-order valence-corrected chi connectivity index (χ1v) is 4.78. The van der Waals surface area contributed by atoms with Crippen LogP contribution in [0.4, 0.5) is 5.69 Å². The number of rotatable bonds is 4. The Labute approximate surface area is 82.7 Å². The van der Waals surface area contributed by atoms with E-state index in [-0.39, 0.29) is 5.91 Å². The van der Waals surface area contributed by atoms with Gasteiger partial charge in [-0.15, -0.1) is 0 Å². The molecule has 0 atom stereocenters. The van der Waals surface area contributed by atoms with Crippen molar-refractivity contribution in [1.29, 1.82) is 0 Å². The molecular formula is C10H13N3O. The number of hydrogen-bond donors (Lipinski definition) is 2. The van der Waals surface area contributed by atoms with E-state index in [9.17, 15) is 4.79 Å². The molecule has 14 heavy (non-hydrogen) atoms. The minimum absolute atomic E-state index is 0.00935. The molecule has 1 fully saturated rings. The first-order chi connectivity index (χ1) is 6.84. The molecule has 1 amide bonds. The van der Waals surface area contributed by atoms with Crippen LogP contribution in [-0.2, 0) is 4.79 Å². The molecule has 4 heteroatoms. The summed E-state index contributed by atoms with van der Waals surface area (Å²) in [7, 11) is 0. The maximum absolute atomic E-state index is 11.3. The molecule has 4 nitrogen and oxygen atoms in total. The van der Waals surface area contributed by atoms with Crippen molar-refractivity contribution in [3.05, 3.63) is 24.5 Å². The minimum atomic E-state index is -0.00935. The molecule has 0 bridgehead atoms. The van der Waals surface area contributed by atoms with Gasteiger partial charge in [-0.25, -0.2) is 0 Å². The summed E-state index contributed by atoms with van der Waals surface area (Å²) >= 11 is 0. The van der Waals surface area contributed by atoms with Crippen LogP contribution >= 0.6 is 0 Å². The fourth-order valence-electron chi connectivity index (χ4n) is 1.17. The lowest BCUT2D eigenvalue weighted by molar-refractivity contribution is -0.115. The fraction of sp³-hybridized carbons (Fsp3) is 0.400. The van der Waals surface area contributed by atoms with Gasteiger partial charge in [-0.05, 0) is 25.0 Å². The molecule has 2 N–H and O–H groups in total. The van der Waals surface area contributed by atoms with E-state index in [1.807, 2.05) is 6.07 Å². The van der Waals surface area contributed by atoms with E-state index in [2.05, 4.69) is 15.6 Å². The molecule has 1 aliphatic carbocycles. The van der Waals surface area contributed by atoms with Gasteiger partial charge < -0.3 is 10.6 Å². The van der Waals surface area contributed by atoms with Gasteiger partial charge in [0.05, 0.1) is 18.4 Å². The third-order valence-electron chi connectivity index (χ3n) is 2.07. The topological polar surface area (TPSA) is 54.0 Å². The lowest BCUT2D eigenvalue weighted by Crippen LogP contribution is -2.29.